The van der Waals surface area contributed by atoms with Gasteiger partial charge in [0.1, 0.15) is 5.82 Å². The Kier molecular flexibility index (Phi) is 5.53. The highest BCUT2D eigenvalue weighted by molar-refractivity contribution is 6.31. The van der Waals surface area contributed by atoms with Gasteiger partial charge in [0.25, 0.3) is 0 Å². The lowest BCUT2D eigenvalue weighted by Crippen LogP contribution is -2.34. The molecule has 0 aliphatic rings. The third-order valence-electron chi connectivity index (χ3n) is 2.54. The van der Waals surface area contributed by atoms with Crippen molar-refractivity contribution >= 4 is 23.2 Å². The normalized spacial score (nSPS) is 13.1. The molecule has 0 saturated heterocycles. The average molecular weight is 264 g/mol. The summed E-state index contributed by atoms with van der Waals surface area (Å²) in [5.74, 6) is 0.694. The van der Waals surface area contributed by atoms with Gasteiger partial charge in [0, 0.05) is 23.5 Å². The minimum Gasteiger partial charge on any atom is -0.308 e. The first-order valence-electron chi connectivity index (χ1n) is 5.28. The third-order valence-corrected chi connectivity index (χ3v) is 3.23. The van der Waals surface area contributed by atoms with E-state index in [1.807, 2.05) is 0 Å². The van der Waals surface area contributed by atoms with Gasteiger partial charge in [-0.05, 0) is 23.6 Å². The van der Waals surface area contributed by atoms with Gasteiger partial charge in [-0.3, -0.25) is 0 Å². The van der Waals surface area contributed by atoms with Crippen molar-refractivity contribution < 1.29 is 4.39 Å². The molecule has 0 bridgehead atoms. The van der Waals surface area contributed by atoms with Crippen LogP contribution in [0.2, 0.25) is 5.02 Å². The molecule has 0 heterocycles. The lowest BCUT2D eigenvalue weighted by molar-refractivity contribution is 0.430. The van der Waals surface area contributed by atoms with E-state index in [2.05, 4.69) is 19.2 Å². The predicted octanol–water partition coefficient (Wildman–Crippen LogP) is 3.83. The first-order chi connectivity index (χ1) is 7.54. The molecular formula is C12H16Cl2FN. The van der Waals surface area contributed by atoms with Crippen LogP contribution in [-0.2, 0) is 6.54 Å². The summed E-state index contributed by atoms with van der Waals surface area (Å²) in [6, 6.07) is 4.66. The van der Waals surface area contributed by atoms with Crippen molar-refractivity contribution in [3.05, 3.63) is 34.6 Å². The lowest BCUT2D eigenvalue weighted by Gasteiger charge is -2.20. The van der Waals surface area contributed by atoms with Gasteiger partial charge in [-0.15, -0.1) is 11.6 Å². The van der Waals surface area contributed by atoms with Crippen LogP contribution in [-0.4, -0.2) is 11.9 Å². The zero-order valence-electron chi connectivity index (χ0n) is 9.43. The highest BCUT2D eigenvalue weighted by Gasteiger charge is 2.11. The van der Waals surface area contributed by atoms with Crippen LogP contribution < -0.4 is 5.32 Å². The minimum absolute atomic E-state index is 0.239. The molecule has 90 valence electrons. The highest BCUT2D eigenvalue weighted by Crippen LogP contribution is 2.17. The van der Waals surface area contributed by atoms with Crippen LogP contribution in [0.5, 0.6) is 0 Å². The maximum absolute atomic E-state index is 12.8. The van der Waals surface area contributed by atoms with E-state index in [-0.39, 0.29) is 11.9 Å². The van der Waals surface area contributed by atoms with E-state index in [1.54, 1.807) is 6.07 Å². The molecule has 1 aromatic carbocycles. The molecule has 0 fully saturated rings. The fourth-order valence-electron chi connectivity index (χ4n) is 1.37. The summed E-state index contributed by atoms with van der Waals surface area (Å²) in [6.07, 6.45) is 0. The van der Waals surface area contributed by atoms with Gasteiger partial charge in [-0.25, -0.2) is 4.39 Å². The molecular weight excluding hydrogens is 248 g/mol. The second kappa shape index (κ2) is 6.43. The van der Waals surface area contributed by atoms with Crippen LogP contribution >= 0.6 is 23.2 Å². The Hall–Kier alpha value is -0.310. The van der Waals surface area contributed by atoms with E-state index < -0.39 is 0 Å². The standard InChI is InChI=1S/C12H16Cl2FN/c1-8(2)12(6-13)16-7-9-3-4-10(15)5-11(9)14/h3-5,8,12,16H,6-7H2,1-2H3. The van der Waals surface area contributed by atoms with Gasteiger partial charge >= 0.3 is 0 Å². The Morgan fingerprint density at radius 3 is 2.56 bits per heavy atom. The smallest absolute Gasteiger partial charge is 0.124 e. The number of alkyl halides is 1. The molecule has 1 atom stereocenters. The van der Waals surface area contributed by atoms with Gasteiger partial charge in [0.2, 0.25) is 0 Å². The monoisotopic (exact) mass is 263 g/mol. The summed E-state index contributed by atoms with van der Waals surface area (Å²) < 4.78 is 12.8. The number of nitrogens with one attached hydrogen (secondary N) is 1. The number of hydrogen-bond acceptors (Lipinski definition) is 1. The zero-order chi connectivity index (χ0) is 12.1. The zero-order valence-corrected chi connectivity index (χ0v) is 10.9. The fraction of sp³-hybridized carbons (Fsp3) is 0.500. The summed E-state index contributed by atoms with van der Waals surface area (Å²) in [7, 11) is 0. The topological polar surface area (TPSA) is 12.0 Å². The van der Waals surface area contributed by atoms with Gasteiger partial charge in [-0.2, -0.15) is 0 Å². The van der Waals surface area contributed by atoms with Crippen molar-refractivity contribution in [2.75, 3.05) is 5.88 Å². The number of benzene rings is 1. The van der Waals surface area contributed by atoms with Crippen LogP contribution in [0.3, 0.4) is 0 Å². The van der Waals surface area contributed by atoms with Gasteiger partial charge in [0.15, 0.2) is 0 Å². The van der Waals surface area contributed by atoms with Crippen LogP contribution in [0.1, 0.15) is 19.4 Å². The first-order valence-corrected chi connectivity index (χ1v) is 6.19. The van der Waals surface area contributed by atoms with Crippen LogP contribution in [0.25, 0.3) is 0 Å². The van der Waals surface area contributed by atoms with E-state index >= 15 is 0 Å². The highest BCUT2D eigenvalue weighted by atomic mass is 35.5. The summed E-state index contributed by atoms with van der Waals surface area (Å²) in [5.41, 5.74) is 0.888. The lowest BCUT2D eigenvalue weighted by atomic mass is 10.1. The van der Waals surface area contributed by atoms with Crippen LogP contribution in [0.15, 0.2) is 18.2 Å². The summed E-state index contributed by atoms with van der Waals surface area (Å²) in [4.78, 5) is 0. The molecule has 0 spiro atoms. The molecule has 1 rings (SSSR count). The molecule has 0 aliphatic heterocycles. The summed E-state index contributed by atoms with van der Waals surface area (Å²) in [6.45, 7) is 4.81. The van der Waals surface area contributed by atoms with Gasteiger partial charge in [-0.1, -0.05) is 31.5 Å². The average Bonchev–Trinajstić information content (AvgIpc) is 2.21. The van der Waals surface area contributed by atoms with E-state index in [4.69, 9.17) is 23.2 Å². The van der Waals surface area contributed by atoms with Crippen molar-refractivity contribution in [3.8, 4) is 0 Å². The van der Waals surface area contributed by atoms with E-state index in [0.29, 0.717) is 23.4 Å². The Morgan fingerprint density at radius 2 is 2.06 bits per heavy atom. The van der Waals surface area contributed by atoms with E-state index in [0.717, 1.165) is 5.56 Å². The van der Waals surface area contributed by atoms with Crippen molar-refractivity contribution in [2.45, 2.75) is 26.4 Å². The van der Waals surface area contributed by atoms with Gasteiger partial charge < -0.3 is 5.32 Å². The van der Waals surface area contributed by atoms with Gasteiger partial charge in [0.05, 0.1) is 0 Å². The molecule has 1 aromatic rings. The largest absolute Gasteiger partial charge is 0.308 e. The van der Waals surface area contributed by atoms with Crippen molar-refractivity contribution in [2.24, 2.45) is 5.92 Å². The molecule has 0 aromatic heterocycles. The fourth-order valence-corrected chi connectivity index (χ4v) is 2.07. The molecule has 1 unspecified atom stereocenters. The maximum Gasteiger partial charge on any atom is 0.124 e. The minimum atomic E-state index is -0.313. The van der Waals surface area contributed by atoms with E-state index in [9.17, 15) is 4.39 Å². The molecule has 0 saturated carbocycles. The Balaban J connectivity index is 2.60. The molecule has 4 heteroatoms. The summed E-state index contributed by atoms with van der Waals surface area (Å²) in [5, 5.41) is 3.76. The molecule has 16 heavy (non-hydrogen) atoms. The molecule has 0 aliphatic carbocycles. The second-order valence-electron chi connectivity index (χ2n) is 4.12. The SMILES string of the molecule is CC(C)C(CCl)NCc1ccc(F)cc1Cl. The molecule has 0 radical (unpaired) electrons. The predicted molar refractivity (Wildman–Crippen MR) is 67.6 cm³/mol. The van der Waals surface area contributed by atoms with Crippen molar-refractivity contribution in [3.63, 3.8) is 0 Å². The Labute approximate surface area is 106 Å². The third kappa shape index (κ3) is 3.93. The molecule has 1 nitrogen and oxygen atoms in total. The molecule has 0 amide bonds. The number of hydrogen-bond donors (Lipinski definition) is 1. The Morgan fingerprint density at radius 1 is 1.38 bits per heavy atom. The summed E-state index contributed by atoms with van der Waals surface area (Å²) >= 11 is 11.8. The van der Waals surface area contributed by atoms with Crippen LogP contribution in [0, 0.1) is 11.7 Å². The number of halogens is 3. The van der Waals surface area contributed by atoms with Crippen molar-refractivity contribution in [1.29, 1.82) is 0 Å². The Bertz CT molecular complexity index is 342. The number of rotatable bonds is 5. The van der Waals surface area contributed by atoms with Crippen molar-refractivity contribution in [1.82, 2.24) is 5.32 Å². The quantitative estimate of drug-likeness (QED) is 0.797. The first kappa shape index (κ1) is 13.8. The van der Waals surface area contributed by atoms with E-state index in [1.165, 1.54) is 12.1 Å². The molecule has 1 N–H and O–H groups in total. The van der Waals surface area contributed by atoms with Crippen LogP contribution in [0.4, 0.5) is 4.39 Å². The second-order valence-corrected chi connectivity index (χ2v) is 4.84. The maximum atomic E-state index is 12.8.